The second-order valence-electron chi connectivity index (χ2n) is 1.04. The van der Waals surface area contributed by atoms with Crippen molar-refractivity contribution in [2.45, 2.75) is 13.8 Å². The van der Waals surface area contributed by atoms with Crippen LogP contribution in [0.1, 0.15) is 13.8 Å². The molecule has 0 amide bonds. The van der Waals surface area contributed by atoms with Gasteiger partial charge in [-0.2, -0.15) is 0 Å². The predicted octanol–water partition coefficient (Wildman–Crippen LogP) is 0.341. The van der Waals surface area contributed by atoms with Crippen molar-refractivity contribution in [1.82, 2.24) is 6.15 Å². The first kappa shape index (κ1) is 22.6. The van der Waals surface area contributed by atoms with Gasteiger partial charge in [0.1, 0.15) is 0 Å². The van der Waals surface area contributed by atoms with Crippen LogP contribution in [0.15, 0.2) is 0 Å². The van der Waals surface area contributed by atoms with Crippen molar-refractivity contribution < 1.29 is 47.1 Å². The van der Waals surface area contributed by atoms with Gasteiger partial charge in [0.25, 0.3) is 11.9 Å². The summed E-state index contributed by atoms with van der Waals surface area (Å²) in [6.07, 6.45) is 0. The van der Waals surface area contributed by atoms with Gasteiger partial charge < -0.3 is 16.4 Å². The van der Waals surface area contributed by atoms with Gasteiger partial charge in [0.15, 0.2) is 0 Å². The fourth-order valence-corrected chi connectivity index (χ4v) is 0. The molecule has 0 unspecified atom stereocenters. The van der Waals surface area contributed by atoms with E-state index in [2.05, 4.69) is 0 Å². The van der Waals surface area contributed by atoms with Crippen LogP contribution in [0, 0.1) is 0 Å². The summed E-state index contributed by atoms with van der Waals surface area (Å²) in [4.78, 5) is 18.0. The Labute approximate surface area is 79.2 Å². The number of hydrogen-bond donors (Lipinski definition) is 3. The standard InChI is InChI=1S/2C2H4O2.Cd.H3N/c2*1-2(3)4;;/h2*1H3,(H,3,4);;1H3. The van der Waals surface area contributed by atoms with Crippen molar-refractivity contribution in [2.75, 3.05) is 0 Å². The van der Waals surface area contributed by atoms with E-state index in [4.69, 9.17) is 19.8 Å². The van der Waals surface area contributed by atoms with Crippen LogP contribution in [0.25, 0.3) is 0 Å². The summed E-state index contributed by atoms with van der Waals surface area (Å²) in [6, 6.07) is 0. The van der Waals surface area contributed by atoms with Crippen molar-refractivity contribution in [3.8, 4) is 0 Å². The minimum Gasteiger partial charge on any atom is -0.481 e. The number of carbonyl (C=O) groups is 2. The Morgan fingerprint density at radius 2 is 1.00 bits per heavy atom. The van der Waals surface area contributed by atoms with E-state index in [1.54, 1.807) is 0 Å². The normalized spacial score (nSPS) is 5.00. The van der Waals surface area contributed by atoms with Crippen molar-refractivity contribution in [1.29, 1.82) is 0 Å². The Kier molecular flexibility index (Phi) is 35.9. The SMILES string of the molecule is CC(=O)O.CC(=O)O.N.[Cd]. The molecule has 5 N–H and O–H groups in total. The van der Waals surface area contributed by atoms with Crippen LogP contribution in [-0.4, -0.2) is 22.2 Å². The molecule has 6 heteroatoms. The van der Waals surface area contributed by atoms with Gasteiger partial charge in [0.2, 0.25) is 0 Å². The summed E-state index contributed by atoms with van der Waals surface area (Å²) in [6.45, 7) is 2.17. The third-order valence-corrected chi connectivity index (χ3v) is 0. The topological polar surface area (TPSA) is 110 Å². The van der Waals surface area contributed by atoms with Crippen LogP contribution in [0.4, 0.5) is 0 Å². The minimum absolute atomic E-state index is 0. The van der Waals surface area contributed by atoms with Crippen LogP contribution in [0.2, 0.25) is 0 Å². The van der Waals surface area contributed by atoms with Crippen LogP contribution >= 0.6 is 0 Å². The van der Waals surface area contributed by atoms with Crippen LogP contribution in [-0.2, 0) is 36.9 Å². The number of carboxylic acid groups (broad SMARTS) is 2. The maximum atomic E-state index is 9.00. The summed E-state index contributed by atoms with van der Waals surface area (Å²) >= 11 is 0. The monoisotopic (exact) mass is 251 g/mol. The second kappa shape index (κ2) is 15.9. The van der Waals surface area contributed by atoms with Gasteiger partial charge in [-0.3, -0.25) is 9.59 Å². The Morgan fingerprint density at radius 1 is 1.00 bits per heavy atom. The second-order valence-corrected chi connectivity index (χ2v) is 1.04. The molecule has 0 saturated heterocycles. The molecule has 0 heterocycles. The summed E-state index contributed by atoms with van der Waals surface area (Å²) in [5, 5.41) is 14.8. The molecule has 10 heavy (non-hydrogen) atoms. The third kappa shape index (κ3) is 11500. The summed E-state index contributed by atoms with van der Waals surface area (Å²) in [7, 11) is 0. The Morgan fingerprint density at radius 3 is 1.00 bits per heavy atom. The fourth-order valence-electron chi connectivity index (χ4n) is 0. The first-order valence-electron chi connectivity index (χ1n) is 1.86. The average molecular weight is 250 g/mol. The molecule has 0 spiro atoms. The summed E-state index contributed by atoms with van der Waals surface area (Å²) < 4.78 is 0. The van der Waals surface area contributed by atoms with Crippen molar-refractivity contribution in [2.24, 2.45) is 0 Å². The van der Waals surface area contributed by atoms with Gasteiger partial charge >= 0.3 is 0 Å². The van der Waals surface area contributed by atoms with Crippen LogP contribution in [0.3, 0.4) is 0 Å². The Balaban J connectivity index is -0.0000000300. The van der Waals surface area contributed by atoms with Crippen molar-refractivity contribution in [3.63, 3.8) is 0 Å². The van der Waals surface area contributed by atoms with Gasteiger partial charge in [-0.25, -0.2) is 0 Å². The Bertz CT molecular complexity index is 75.3. The molecule has 0 aromatic rings. The van der Waals surface area contributed by atoms with Gasteiger partial charge in [0, 0.05) is 41.1 Å². The zero-order valence-electron chi connectivity index (χ0n) is 6.13. The largest absolute Gasteiger partial charge is 0.481 e. The maximum absolute atomic E-state index is 9.00. The van der Waals surface area contributed by atoms with E-state index in [-0.39, 0.29) is 33.4 Å². The number of carboxylic acids is 2. The molecular weight excluding hydrogens is 238 g/mol. The molecule has 0 saturated carbocycles. The van der Waals surface area contributed by atoms with E-state index in [1.165, 1.54) is 0 Å². The quantitative estimate of drug-likeness (QED) is 0.536. The molecule has 0 fully saturated rings. The molecule has 0 rings (SSSR count). The first-order valence-corrected chi connectivity index (χ1v) is 1.86. The van der Waals surface area contributed by atoms with Gasteiger partial charge in [-0.05, 0) is 0 Å². The molecule has 0 radical (unpaired) electrons. The molecular formula is C4H11CdNO4. The van der Waals surface area contributed by atoms with E-state index in [1.807, 2.05) is 0 Å². The minimum atomic E-state index is -0.833. The molecule has 0 atom stereocenters. The zero-order chi connectivity index (χ0) is 7.15. The molecule has 0 aliphatic carbocycles. The smallest absolute Gasteiger partial charge is 0.300 e. The van der Waals surface area contributed by atoms with E-state index in [0.717, 1.165) is 13.8 Å². The maximum Gasteiger partial charge on any atom is 0.300 e. The summed E-state index contributed by atoms with van der Waals surface area (Å²) in [5.41, 5.74) is 0. The molecule has 0 aromatic carbocycles. The van der Waals surface area contributed by atoms with E-state index >= 15 is 0 Å². The molecule has 0 aliphatic heterocycles. The molecule has 0 bridgehead atoms. The number of aliphatic carboxylic acids is 2. The average Bonchev–Trinajstić information content (AvgIpc) is 1.25. The number of hydrogen-bond acceptors (Lipinski definition) is 3. The van der Waals surface area contributed by atoms with Crippen LogP contribution in [0.5, 0.6) is 0 Å². The Hall–Kier alpha value is -0.178. The third-order valence-electron chi connectivity index (χ3n) is 0. The van der Waals surface area contributed by atoms with E-state index < -0.39 is 11.9 Å². The summed E-state index contributed by atoms with van der Waals surface area (Å²) in [5.74, 6) is -1.67. The van der Waals surface area contributed by atoms with E-state index in [9.17, 15) is 0 Å². The molecule has 0 aliphatic rings. The van der Waals surface area contributed by atoms with E-state index in [0.29, 0.717) is 0 Å². The van der Waals surface area contributed by atoms with Crippen molar-refractivity contribution in [3.05, 3.63) is 0 Å². The van der Waals surface area contributed by atoms with Gasteiger partial charge in [0.05, 0.1) is 0 Å². The zero-order valence-corrected chi connectivity index (χ0v) is 10.2. The first-order chi connectivity index (χ1) is 3.46. The van der Waals surface area contributed by atoms with Crippen molar-refractivity contribution >= 4 is 11.9 Å². The van der Waals surface area contributed by atoms with Crippen LogP contribution < -0.4 is 6.15 Å². The van der Waals surface area contributed by atoms with Gasteiger partial charge in [-0.1, -0.05) is 0 Å². The predicted molar refractivity (Wildman–Crippen MR) is 31.6 cm³/mol. The number of rotatable bonds is 0. The fraction of sp³-hybridized carbons (Fsp3) is 0.500. The molecule has 0 aromatic heterocycles. The van der Waals surface area contributed by atoms with Gasteiger partial charge in [-0.15, -0.1) is 0 Å². The molecule has 5 nitrogen and oxygen atoms in total. The molecule has 58 valence electrons.